The van der Waals surface area contributed by atoms with Gasteiger partial charge in [-0.2, -0.15) is 0 Å². The van der Waals surface area contributed by atoms with Gasteiger partial charge in [0, 0.05) is 0 Å². The van der Waals surface area contributed by atoms with E-state index >= 15 is 0 Å². The van der Waals surface area contributed by atoms with Crippen LogP contribution >= 0.6 is 0 Å². The molecule has 112 valence electrons. The van der Waals surface area contributed by atoms with Crippen LogP contribution in [0.4, 0.5) is 0 Å². The van der Waals surface area contributed by atoms with Crippen LogP contribution in [0.1, 0.15) is 17.5 Å². The third-order valence-electron chi connectivity index (χ3n) is 3.53. The van der Waals surface area contributed by atoms with Gasteiger partial charge in [0.05, 0.1) is 20.3 Å². The van der Waals surface area contributed by atoms with Gasteiger partial charge in [-0.1, -0.05) is 24.3 Å². The first-order chi connectivity index (χ1) is 10.2. The average molecular weight is 286 g/mol. The minimum Gasteiger partial charge on any atom is -0.497 e. The SMILES string of the molecule is COc1ccc(CCC(O)Cc2cccc(OC)c2)cc1. The van der Waals surface area contributed by atoms with Crippen molar-refractivity contribution in [1.29, 1.82) is 0 Å². The molecule has 1 unspecified atom stereocenters. The Kier molecular flexibility index (Phi) is 5.64. The van der Waals surface area contributed by atoms with Crippen LogP contribution in [0, 0.1) is 0 Å². The maximum absolute atomic E-state index is 10.2. The van der Waals surface area contributed by atoms with Gasteiger partial charge in [0.15, 0.2) is 0 Å². The van der Waals surface area contributed by atoms with Crippen molar-refractivity contribution in [3.05, 3.63) is 59.7 Å². The van der Waals surface area contributed by atoms with Gasteiger partial charge in [-0.05, 0) is 54.7 Å². The van der Waals surface area contributed by atoms with Crippen LogP contribution in [0.25, 0.3) is 0 Å². The lowest BCUT2D eigenvalue weighted by atomic mass is 10.0. The highest BCUT2D eigenvalue weighted by molar-refractivity contribution is 5.29. The van der Waals surface area contributed by atoms with Crippen molar-refractivity contribution in [2.75, 3.05) is 14.2 Å². The zero-order chi connectivity index (χ0) is 15.1. The minimum atomic E-state index is -0.348. The molecule has 1 N–H and O–H groups in total. The van der Waals surface area contributed by atoms with Crippen molar-refractivity contribution in [2.24, 2.45) is 0 Å². The molecule has 0 spiro atoms. The number of aryl methyl sites for hydroxylation is 1. The van der Waals surface area contributed by atoms with E-state index in [1.54, 1.807) is 14.2 Å². The first-order valence-electron chi connectivity index (χ1n) is 7.15. The van der Waals surface area contributed by atoms with E-state index in [1.807, 2.05) is 48.5 Å². The average Bonchev–Trinajstić information content (AvgIpc) is 2.53. The Balaban J connectivity index is 1.84. The molecular weight excluding hydrogens is 264 g/mol. The summed E-state index contributed by atoms with van der Waals surface area (Å²) < 4.78 is 10.3. The normalized spacial score (nSPS) is 12.0. The summed E-state index contributed by atoms with van der Waals surface area (Å²) in [6.45, 7) is 0. The summed E-state index contributed by atoms with van der Waals surface area (Å²) in [5, 5.41) is 10.2. The summed E-state index contributed by atoms with van der Waals surface area (Å²) in [6, 6.07) is 15.8. The number of benzene rings is 2. The van der Waals surface area contributed by atoms with Crippen molar-refractivity contribution in [2.45, 2.75) is 25.4 Å². The lowest BCUT2D eigenvalue weighted by Gasteiger charge is -2.11. The first kappa shape index (κ1) is 15.4. The highest BCUT2D eigenvalue weighted by atomic mass is 16.5. The fraction of sp³-hybridized carbons (Fsp3) is 0.333. The van der Waals surface area contributed by atoms with Gasteiger partial charge in [0.1, 0.15) is 11.5 Å². The molecule has 0 radical (unpaired) electrons. The molecule has 0 amide bonds. The zero-order valence-corrected chi connectivity index (χ0v) is 12.6. The van der Waals surface area contributed by atoms with Crippen LogP contribution in [-0.4, -0.2) is 25.4 Å². The van der Waals surface area contributed by atoms with E-state index in [1.165, 1.54) is 5.56 Å². The molecular formula is C18H22O3. The van der Waals surface area contributed by atoms with E-state index in [-0.39, 0.29) is 6.10 Å². The Bertz CT molecular complexity index is 549. The molecule has 0 aliphatic heterocycles. The maximum atomic E-state index is 10.2. The molecule has 3 heteroatoms. The van der Waals surface area contributed by atoms with Crippen molar-refractivity contribution in [3.63, 3.8) is 0 Å². The molecule has 0 aromatic heterocycles. The van der Waals surface area contributed by atoms with Crippen LogP contribution in [-0.2, 0) is 12.8 Å². The molecule has 2 rings (SSSR count). The fourth-order valence-corrected chi connectivity index (χ4v) is 2.30. The summed E-state index contributed by atoms with van der Waals surface area (Å²) in [4.78, 5) is 0. The Morgan fingerprint density at radius 1 is 0.905 bits per heavy atom. The quantitative estimate of drug-likeness (QED) is 0.849. The molecule has 21 heavy (non-hydrogen) atoms. The van der Waals surface area contributed by atoms with Crippen LogP contribution in [0.5, 0.6) is 11.5 Å². The van der Waals surface area contributed by atoms with E-state index in [0.29, 0.717) is 6.42 Å². The van der Waals surface area contributed by atoms with Crippen LogP contribution in [0.15, 0.2) is 48.5 Å². The Labute approximate surface area is 126 Å². The van der Waals surface area contributed by atoms with Crippen molar-refractivity contribution in [1.82, 2.24) is 0 Å². The standard InChI is InChI=1S/C18H22O3/c1-20-17-10-7-14(8-11-17)6-9-16(19)12-15-4-3-5-18(13-15)21-2/h3-5,7-8,10-11,13,16,19H,6,9,12H2,1-2H3. The molecule has 0 aliphatic carbocycles. The van der Waals surface area contributed by atoms with E-state index in [4.69, 9.17) is 9.47 Å². The molecule has 3 nitrogen and oxygen atoms in total. The van der Waals surface area contributed by atoms with Gasteiger partial charge < -0.3 is 14.6 Å². The number of hydrogen-bond donors (Lipinski definition) is 1. The van der Waals surface area contributed by atoms with Crippen LogP contribution in [0.2, 0.25) is 0 Å². The third kappa shape index (κ3) is 4.80. The molecule has 1 atom stereocenters. The number of methoxy groups -OCH3 is 2. The second-order valence-electron chi connectivity index (χ2n) is 5.10. The molecule has 2 aromatic carbocycles. The number of aliphatic hydroxyl groups is 1. The summed E-state index contributed by atoms with van der Waals surface area (Å²) in [7, 11) is 3.31. The Morgan fingerprint density at radius 2 is 1.62 bits per heavy atom. The fourth-order valence-electron chi connectivity index (χ4n) is 2.30. The van der Waals surface area contributed by atoms with Gasteiger partial charge in [0.2, 0.25) is 0 Å². The summed E-state index contributed by atoms with van der Waals surface area (Å²) in [5.41, 5.74) is 2.30. The molecule has 0 aliphatic rings. The molecule has 0 bridgehead atoms. The Morgan fingerprint density at radius 3 is 2.29 bits per heavy atom. The maximum Gasteiger partial charge on any atom is 0.119 e. The highest BCUT2D eigenvalue weighted by Crippen LogP contribution is 2.17. The molecule has 0 heterocycles. The molecule has 0 fully saturated rings. The van der Waals surface area contributed by atoms with Gasteiger partial charge in [0.25, 0.3) is 0 Å². The van der Waals surface area contributed by atoms with Gasteiger partial charge in [-0.3, -0.25) is 0 Å². The number of aliphatic hydroxyl groups excluding tert-OH is 1. The van der Waals surface area contributed by atoms with Gasteiger partial charge in [-0.25, -0.2) is 0 Å². The lowest BCUT2D eigenvalue weighted by Crippen LogP contribution is -2.11. The van der Waals surface area contributed by atoms with Crippen molar-refractivity contribution < 1.29 is 14.6 Å². The molecule has 0 saturated carbocycles. The molecule has 2 aromatic rings. The summed E-state index contributed by atoms with van der Waals surface area (Å²) in [6.07, 6.45) is 1.89. The van der Waals surface area contributed by atoms with E-state index < -0.39 is 0 Å². The van der Waals surface area contributed by atoms with E-state index in [0.717, 1.165) is 29.9 Å². The van der Waals surface area contributed by atoms with Crippen molar-refractivity contribution >= 4 is 0 Å². The zero-order valence-electron chi connectivity index (χ0n) is 12.6. The predicted octanol–water partition coefficient (Wildman–Crippen LogP) is 3.24. The van der Waals surface area contributed by atoms with Crippen LogP contribution < -0.4 is 9.47 Å². The predicted molar refractivity (Wildman–Crippen MR) is 84.0 cm³/mol. The first-order valence-corrected chi connectivity index (χ1v) is 7.15. The second kappa shape index (κ2) is 7.70. The van der Waals surface area contributed by atoms with E-state index in [2.05, 4.69) is 0 Å². The van der Waals surface area contributed by atoms with E-state index in [9.17, 15) is 5.11 Å². The highest BCUT2D eigenvalue weighted by Gasteiger charge is 2.07. The second-order valence-corrected chi connectivity index (χ2v) is 5.10. The van der Waals surface area contributed by atoms with Gasteiger partial charge >= 0.3 is 0 Å². The monoisotopic (exact) mass is 286 g/mol. The molecule has 0 saturated heterocycles. The Hall–Kier alpha value is -2.00. The van der Waals surface area contributed by atoms with Crippen LogP contribution in [0.3, 0.4) is 0 Å². The number of ether oxygens (including phenoxy) is 2. The number of hydrogen-bond acceptors (Lipinski definition) is 3. The van der Waals surface area contributed by atoms with Gasteiger partial charge in [-0.15, -0.1) is 0 Å². The third-order valence-corrected chi connectivity index (χ3v) is 3.53. The topological polar surface area (TPSA) is 38.7 Å². The lowest BCUT2D eigenvalue weighted by molar-refractivity contribution is 0.165. The number of rotatable bonds is 7. The summed E-state index contributed by atoms with van der Waals surface area (Å²) >= 11 is 0. The minimum absolute atomic E-state index is 0.348. The largest absolute Gasteiger partial charge is 0.497 e. The summed E-state index contributed by atoms with van der Waals surface area (Å²) in [5.74, 6) is 1.69. The van der Waals surface area contributed by atoms with Crippen molar-refractivity contribution in [3.8, 4) is 11.5 Å². The smallest absolute Gasteiger partial charge is 0.119 e.